The molecule has 0 aromatic rings. The Bertz CT molecular complexity index is 270. The third-order valence-corrected chi connectivity index (χ3v) is 6.58. The maximum Gasteiger partial charge on any atom is 0.00724 e. The highest BCUT2D eigenvalue weighted by atomic mass is 32.2. The van der Waals surface area contributed by atoms with Gasteiger partial charge in [-0.25, -0.2) is 0 Å². The molecule has 0 amide bonds. The van der Waals surface area contributed by atoms with Crippen LogP contribution in [0.15, 0.2) is 0 Å². The van der Waals surface area contributed by atoms with E-state index in [-0.39, 0.29) is 0 Å². The molecule has 206 valence electrons. The minimum Gasteiger partial charge on any atom is -0.302 e. The Labute approximate surface area is 219 Å². The summed E-state index contributed by atoms with van der Waals surface area (Å²) in [6.45, 7) is 25.3. The van der Waals surface area contributed by atoms with Gasteiger partial charge in [-0.2, -0.15) is 11.8 Å². The molecule has 1 atom stereocenters. The summed E-state index contributed by atoms with van der Waals surface area (Å²) < 4.78 is 0. The minimum absolute atomic E-state index is 0.872. The molecule has 0 aromatic carbocycles. The summed E-state index contributed by atoms with van der Waals surface area (Å²) in [7, 11) is 0. The Kier molecular flexibility index (Phi) is 52.1. The zero-order chi connectivity index (χ0) is 26.0. The van der Waals surface area contributed by atoms with Crippen LogP contribution in [0.25, 0.3) is 0 Å². The predicted molar refractivity (Wildman–Crippen MR) is 163 cm³/mol. The zero-order valence-electron chi connectivity index (χ0n) is 25.6. The van der Waals surface area contributed by atoms with E-state index in [0.717, 1.165) is 5.92 Å². The quantitative estimate of drug-likeness (QED) is 0.139. The fraction of sp³-hybridized carbons (Fsp3) is 1.00. The van der Waals surface area contributed by atoms with Gasteiger partial charge >= 0.3 is 0 Å². The number of hydrogen-bond acceptors (Lipinski definition) is 2. The van der Waals surface area contributed by atoms with Crippen molar-refractivity contribution in [3.63, 3.8) is 0 Å². The van der Waals surface area contributed by atoms with Gasteiger partial charge in [0.25, 0.3) is 0 Å². The van der Waals surface area contributed by atoms with E-state index in [9.17, 15) is 0 Å². The number of nitrogens with zero attached hydrogens (tertiary/aromatic N) is 1. The van der Waals surface area contributed by atoms with E-state index in [1.807, 2.05) is 41.5 Å². The molecule has 33 heavy (non-hydrogen) atoms. The third-order valence-electron chi connectivity index (χ3n) is 5.70. The van der Waals surface area contributed by atoms with Crippen molar-refractivity contribution in [1.82, 2.24) is 4.90 Å². The summed E-state index contributed by atoms with van der Waals surface area (Å²) in [6, 6.07) is 0. The molecule has 0 bridgehead atoms. The highest BCUT2D eigenvalue weighted by Gasteiger charge is 2.10. The number of unbranched alkanes of at least 4 members (excludes halogenated alkanes) is 12. The number of thioether (sulfide) groups is 1. The first-order valence-electron chi connectivity index (χ1n) is 15.5. The molecule has 0 aliphatic carbocycles. The summed E-state index contributed by atoms with van der Waals surface area (Å²) in [5, 5.41) is 0. The predicted octanol–water partition coefficient (Wildman–Crippen LogP) is 11.6. The molecule has 0 saturated carbocycles. The van der Waals surface area contributed by atoms with Crippen LogP contribution in [0.4, 0.5) is 0 Å². The summed E-state index contributed by atoms with van der Waals surface area (Å²) in [5.41, 5.74) is 0. The molecule has 0 aromatic heterocycles. The fourth-order valence-corrected chi connectivity index (χ4v) is 4.58. The molecule has 0 aliphatic rings. The largest absolute Gasteiger partial charge is 0.302 e. The monoisotopic (exact) mass is 490 g/mol. The van der Waals surface area contributed by atoms with Crippen molar-refractivity contribution in [2.24, 2.45) is 5.92 Å². The van der Waals surface area contributed by atoms with E-state index in [1.165, 1.54) is 127 Å². The van der Waals surface area contributed by atoms with E-state index in [2.05, 4.69) is 44.4 Å². The summed E-state index contributed by atoms with van der Waals surface area (Å²) in [5.74, 6) is 3.45. The van der Waals surface area contributed by atoms with Crippen LogP contribution in [0.1, 0.15) is 166 Å². The standard InChI is InChI=1S/C25H53NS.3C2H6/c1-5-8-10-12-14-15-17-19-21-26(22-23-27-7-3)24-25(4)20-18-16-13-11-9-6-2;3*1-2/h25H,5-24H2,1-4H3;3*1-2H3. The van der Waals surface area contributed by atoms with Crippen molar-refractivity contribution in [1.29, 1.82) is 0 Å². The number of rotatable bonds is 22. The lowest BCUT2D eigenvalue weighted by Gasteiger charge is -2.26. The van der Waals surface area contributed by atoms with Gasteiger partial charge in [0.15, 0.2) is 0 Å². The van der Waals surface area contributed by atoms with Crippen molar-refractivity contribution in [2.45, 2.75) is 166 Å². The first-order chi connectivity index (χ1) is 16.2. The summed E-state index contributed by atoms with van der Waals surface area (Å²) >= 11 is 2.11. The summed E-state index contributed by atoms with van der Waals surface area (Å²) in [6.07, 6.45) is 21.5. The van der Waals surface area contributed by atoms with E-state index in [0.29, 0.717) is 0 Å². The molecule has 1 nitrogen and oxygen atoms in total. The lowest BCUT2D eigenvalue weighted by molar-refractivity contribution is 0.237. The normalized spacial score (nSPS) is 11.0. The Hall–Kier alpha value is 0.310. The van der Waals surface area contributed by atoms with Gasteiger partial charge in [-0.15, -0.1) is 0 Å². The van der Waals surface area contributed by atoms with Crippen LogP contribution in [0.3, 0.4) is 0 Å². The van der Waals surface area contributed by atoms with Gasteiger partial charge in [0.1, 0.15) is 0 Å². The van der Waals surface area contributed by atoms with Crippen LogP contribution in [-0.4, -0.2) is 36.0 Å². The van der Waals surface area contributed by atoms with Gasteiger partial charge in [-0.05, 0) is 31.1 Å². The van der Waals surface area contributed by atoms with Gasteiger partial charge < -0.3 is 4.90 Å². The van der Waals surface area contributed by atoms with Crippen LogP contribution < -0.4 is 0 Å². The Balaban J connectivity index is -0.000000642. The topological polar surface area (TPSA) is 3.24 Å². The molecule has 0 aliphatic heterocycles. The van der Waals surface area contributed by atoms with E-state index in [4.69, 9.17) is 0 Å². The van der Waals surface area contributed by atoms with Gasteiger partial charge in [-0.1, -0.05) is 153 Å². The van der Waals surface area contributed by atoms with Crippen molar-refractivity contribution >= 4 is 11.8 Å². The highest BCUT2D eigenvalue weighted by Crippen LogP contribution is 2.15. The van der Waals surface area contributed by atoms with Gasteiger partial charge in [0, 0.05) is 18.8 Å². The second-order valence-electron chi connectivity index (χ2n) is 8.63. The van der Waals surface area contributed by atoms with E-state index in [1.54, 1.807) is 0 Å². The maximum absolute atomic E-state index is 2.78. The van der Waals surface area contributed by atoms with Gasteiger partial charge in [-0.3, -0.25) is 0 Å². The molecular formula is C31H71NS. The van der Waals surface area contributed by atoms with Crippen molar-refractivity contribution in [2.75, 3.05) is 31.1 Å². The minimum atomic E-state index is 0.872. The second kappa shape index (κ2) is 42.5. The van der Waals surface area contributed by atoms with Crippen LogP contribution in [0.2, 0.25) is 0 Å². The third kappa shape index (κ3) is 39.8. The van der Waals surface area contributed by atoms with Gasteiger partial charge in [0.05, 0.1) is 0 Å². The second-order valence-corrected chi connectivity index (χ2v) is 10.0. The molecule has 0 fully saturated rings. The summed E-state index contributed by atoms with van der Waals surface area (Å²) in [4.78, 5) is 2.78. The zero-order valence-corrected chi connectivity index (χ0v) is 26.4. The molecule has 0 heterocycles. The van der Waals surface area contributed by atoms with Crippen LogP contribution in [0, 0.1) is 5.92 Å². The lowest BCUT2D eigenvalue weighted by atomic mass is 10.0. The molecule has 0 spiro atoms. The molecule has 2 heteroatoms. The average Bonchev–Trinajstić information content (AvgIpc) is 2.86. The Morgan fingerprint density at radius 2 is 0.970 bits per heavy atom. The van der Waals surface area contributed by atoms with Crippen molar-refractivity contribution < 1.29 is 0 Å². The highest BCUT2D eigenvalue weighted by molar-refractivity contribution is 7.99. The van der Waals surface area contributed by atoms with E-state index < -0.39 is 0 Å². The first kappa shape index (κ1) is 40.5. The Morgan fingerprint density at radius 3 is 1.42 bits per heavy atom. The van der Waals surface area contributed by atoms with Crippen molar-refractivity contribution in [3.8, 4) is 0 Å². The molecule has 1 unspecified atom stereocenters. The first-order valence-corrected chi connectivity index (χ1v) is 16.7. The average molecular weight is 490 g/mol. The van der Waals surface area contributed by atoms with Crippen LogP contribution in [-0.2, 0) is 0 Å². The Morgan fingerprint density at radius 1 is 0.545 bits per heavy atom. The maximum atomic E-state index is 2.78. The van der Waals surface area contributed by atoms with Crippen molar-refractivity contribution in [3.05, 3.63) is 0 Å². The SMILES string of the molecule is CC.CC.CC.CCCCCCCCCCN(CCSCC)CC(C)CCCCCCCC. The smallest absolute Gasteiger partial charge is 0.00724 e. The molecular weight excluding hydrogens is 418 g/mol. The molecule has 0 rings (SSSR count). The van der Waals surface area contributed by atoms with Gasteiger partial charge in [0.2, 0.25) is 0 Å². The van der Waals surface area contributed by atoms with Crippen LogP contribution >= 0.6 is 11.8 Å². The molecule has 0 N–H and O–H groups in total. The fourth-order valence-electron chi connectivity index (χ4n) is 3.91. The lowest BCUT2D eigenvalue weighted by Crippen LogP contribution is -2.32. The number of hydrogen-bond donors (Lipinski definition) is 0. The van der Waals surface area contributed by atoms with E-state index >= 15 is 0 Å². The van der Waals surface area contributed by atoms with Crippen LogP contribution in [0.5, 0.6) is 0 Å². The molecule has 0 saturated heterocycles. The molecule has 0 radical (unpaired) electrons.